The first kappa shape index (κ1) is 32.6. The smallest absolute Gasteiger partial charge is 0.416 e. The van der Waals surface area contributed by atoms with Crippen LogP contribution in [0, 0.1) is 5.82 Å². The molecular formula is C31H33F4N7O4. The lowest BCUT2D eigenvalue weighted by Crippen LogP contribution is -2.35. The molecule has 0 bridgehead atoms. The van der Waals surface area contributed by atoms with Crippen LogP contribution in [0.5, 0.6) is 5.75 Å². The average Bonchev–Trinajstić information content (AvgIpc) is 3.42. The fourth-order valence-electron chi connectivity index (χ4n) is 5.60. The van der Waals surface area contributed by atoms with E-state index in [1.165, 1.54) is 19.5 Å². The average molecular weight is 644 g/mol. The van der Waals surface area contributed by atoms with E-state index < -0.39 is 29.0 Å². The Hall–Kier alpha value is -4.79. The van der Waals surface area contributed by atoms with E-state index in [9.17, 15) is 27.2 Å². The van der Waals surface area contributed by atoms with Crippen molar-refractivity contribution in [1.29, 1.82) is 0 Å². The van der Waals surface area contributed by atoms with Crippen molar-refractivity contribution in [2.24, 2.45) is 0 Å². The lowest BCUT2D eigenvalue weighted by molar-refractivity contribution is -0.143. The number of nitrogens with one attached hydrogen (secondary N) is 2. The van der Waals surface area contributed by atoms with E-state index in [0.29, 0.717) is 47.9 Å². The van der Waals surface area contributed by atoms with E-state index in [1.807, 2.05) is 4.68 Å². The molecule has 244 valence electrons. The van der Waals surface area contributed by atoms with Crippen molar-refractivity contribution in [2.75, 3.05) is 31.3 Å². The maximum Gasteiger partial charge on any atom is 0.416 e. The SMILES string of the molecule is CCOC(=O)CCNC1CCC(n2nc(-c3ccc(NC(=O)c4ccc(C(F)(F)F)cc4F)c(OC)c3)c3c(N)ncnc32)CC1. The second-order valence-corrected chi connectivity index (χ2v) is 10.8. The van der Waals surface area contributed by atoms with Gasteiger partial charge in [-0.15, -0.1) is 0 Å². The number of amides is 1. The molecule has 0 atom stereocenters. The largest absolute Gasteiger partial charge is 0.495 e. The number of benzene rings is 2. The third-order valence-corrected chi connectivity index (χ3v) is 7.89. The van der Waals surface area contributed by atoms with E-state index in [2.05, 4.69) is 20.6 Å². The molecule has 1 amide bonds. The van der Waals surface area contributed by atoms with Crippen LogP contribution in [0.3, 0.4) is 0 Å². The molecule has 5 rings (SSSR count). The lowest BCUT2D eigenvalue weighted by Gasteiger charge is -2.29. The number of rotatable bonds is 10. The minimum absolute atomic E-state index is 0.0349. The standard InChI is InChI=1S/C31H33F4N7O4/c1-3-46-25(43)12-13-37-19-6-8-20(9-7-19)42-29-26(28(36)38-16-39-29)27(41-42)17-4-11-23(24(14-17)45-2)40-30(44)21-10-5-18(15-22(21)32)31(33,34)35/h4-5,10-11,14-16,19-20,37H,3,6-9,12-13H2,1-2H3,(H,40,44)(H2,36,38,39). The van der Waals surface area contributed by atoms with Gasteiger partial charge in [0.25, 0.3) is 5.91 Å². The highest BCUT2D eigenvalue weighted by Gasteiger charge is 2.32. The van der Waals surface area contributed by atoms with Gasteiger partial charge in [-0.3, -0.25) is 9.59 Å². The zero-order valence-electron chi connectivity index (χ0n) is 25.2. The Bertz CT molecular complexity index is 1740. The van der Waals surface area contributed by atoms with Crippen LogP contribution in [0.4, 0.5) is 29.1 Å². The maximum absolute atomic E-state index is 14.4. The van der Waals surface area contributed by atoms with E-state index >= 15 is 0 Å². The van der Waals surface area contributed by atoms with Gasteiger partial charge in [-0.1, -0.05) is 6.07 Å². The summed E-state index contributed by atoms with van der Waals surface area (Å²) in [5, 5.41) is 11.4. The zero-order chi connectivity index (χ0) is 33.0. The number of nitrogens with two attached hydrogens (primary N) is 1. The molecule has 0 radical (unpaired) electrons. The zero-order valence-corrected chi connectivity index (χ0v) is 25.2. The summed E-state index contributed by atoms with van der Waals surface area (Å²) in [5.41, 5.74) is 6.34. The number of methoxy groups -OCH3 is 1. The van der Waals surface area contributed by atoms with E-state index in [-0.39, 0.29) is 41.4 Å². The van der Waals surface area contributed by atoms with Crippen molar-refractivity contribution >= 4 is 34.4 Å². The van der Waals surface area contributed by atoms with E-state index in [4.69, 9.17) is 20.3 Å². The Morgan fingerprint density at radius 3 is 2.52 bits per heavy atom. The fraction of sp³-hybridized carbons (Fsp3) is 0.387. The predicted molar refractivity (Wildman–Crippen MR) is 162 cm³/mol. The summed E-state index contributed by atoms with van der Waals surface area (Å²) in [6.07, 6.45) is 0.303. The van der Waals surface area contributed by atoms with Crippen LogP contribution in [0.1, 0.15) is 61.0 Å². The van der Waals surface area contributed by atoms with Crippen molar-refractivity contribution in [3.8, 4) is 17.0 Å². The normalized spacial score (nSPS) is 16.7. The molecule has 46 heavy (non-hydrogen) atoms. The molecule has 0 unspecified atom stereocenters. The number of hydrogen-bond acceptors (Lipinski definition) is 9. The van der Waals surface area contributed by atoms with Crippen molar-refractivity contribution in [1.82, 2.24) is 25.1 Å². The summed E-state index contributed by atoms with van der Waals surface area (Å²) < 4.78 is 65.5. The van der Waals surface area contributed by atoms with E-state index in [0.717, 1.165) is 31.7 Å². The van der Waals surface area contributed by atoms with Crippen molar-refractivity contribution in [2.45, 2.75) is 57.3 Å². The second-order valence-electron chi connectivity index (χ2n) is 10.8. The first-order valence-corrected chi connectivity index (χ1v) is 14.7. The summed E-state index contributed by atoms with van der Waals surface area (Å²) in [7, 11) is 1.38. The summed E-state index contributed by atoms with van der Waals surface area (Å²) in [6.45, 7) is 2.68. The summed E-state index contributed by atoms with van der Waals surface area (Å²) in [4.78, 5) is 33.1. The van der Waals surface area contributed by atoms with Crippen LogP contribution in [-0.2, 0) is 15.7 Å². The molecule has 0 spiro atoms. The monoisotopic (exact) mass is 643 g/mol. The molecule has 0 aliphatic heterocycles. The Morgan fingerprint density at radius 1 is 1.09 bits per heavy atom. The third kappa shape index (κ3) is 7.03. The van der Waals surface area contributed by atoms with Crippen LogP contribution < -0.4 is 21.1 Å². The van der Waals surface area contributed by atoms with Crippen LogP contribution in [0.25, 0.3) is 22.3 Å². The second kappa shape index (κ2) is 13.7. The summed E-state index contributed by atoms with van der Waals surface area (Å²) >= 11 is 0. The van der Waals surface area contributed by atoms with Gasteiger partial charge < -0.3 is 25.8 Å². The highest BCUT2D eigenvalue weighted by Crippen LogP contribution is 2.38. The number of halogens is 4. The molecule has 2 aromatic heterocycles. The predicted octanol–water partition coefficient (Wildman–Crippen LogP) is 5.52. The number of nitrogens with zero attached hydrogens (tertiary/aromatic N) is 4. The molecule has 1 saturated carbocycles. The van der Waals surface area contributed by atoms with E-state index in [1.54, 1.807) is 19.1 Å². The third-order valence-electron chi connectivity index (χ3n) is 7.89. The van der Waals surface area contributed by atoms with Crippen LogP contribution in [0.15, 0.2) is 42.7 Å². The number of hydrogen-bond donors (Lipinski definition) is 3. The Balaban J connectivity index is 1.35. The highest BCUT2D eigenvalue weighted by atomic mass is 19.4. The first-order chi connectivity index (χ1) is 22.0. The number of fused-ring (bicyclic) bond motifs is 1. The molecule has 2 aromatic carbocycles. The fourth-order valence-corrected chi connectivity index (χ4v) is 5.60. The van der Waals surface area contributed by atoms with Gasteiger partial charge in [-0.05, 0) is 62.9 Å². The van der Waals surface area contributed by atoms with Gasteiger partial charge in [0.05, 0.1) is 48.4 Å². The number of carbonyl (C=O) groups is 2. The maximum atomic E-state index is 14.4. The minimum Gasteiger partial charge on any atom is -0.495 e. The molecule has 1 aliphatic carbocycles. The molecular weight excluding hydrogens is 610 g/mol. The molecule has 4 aromatic rings. The van der Waals surface area contributed by atoms with Crippen LogP contribution in [0.2, 0.25) is 0 Å². The molecule has 4 N–H and O–H groups in total. The van der Waals surface area contributed by atoms with Gasteiger partial charge in [0.15, 0.2) is 5.65 Å². The molecule has 11 nitrogen and oxygen atoms in total. The van der Waals surface area contributed by atoms with Crippen molar-refractivity contribution < 1.29 is 36.6 Å². The number of esters is 1. The van der Waals surface area contributed by atoms with Crippen molar-refractivity contribution in [3.05, 3.63) is 59.7 Å². The summed E-state index contributed by atoms with van der Waals surface area (Å²) in [5.74, 6) is -2.05. The Labute approximate surface area is 261 Å². The quantitative estimate of drug-likeness (QED) is 0.150. The number of nitrogen functional groups attached to an aromatic ring is 1. The molecule has 1 aliphatic rings. The molecule has 2 heterocycles. The Morgan fingerprint density at radius 2 is 1.85 bits per heavy atom. The summed E-state index contributed by atoms with van der Waals surface area (Å²) in [6, 6.07) is 6.78. The Kier molecular flexibility index (Phi) is 9.70. The molecule has 0 saturated heterocycles. The van der Waals surface area contributed by atoms with Gasteiger partial charge in [-0.25, -0.2) is 19.0 Å². The number of ether oxygens (including phenoxy) is 2. The van der Waals surface area contributed by atoms with Crippen LogP contribution in [-0.4, -0.2) is 57.9 Å². The topological polar surface area (TPSA) is 146 Å². The molecule has 1 fully saturated rings. The highest BCUT2D eigenvalue weighted by molar-refractivity contribution is 6.06. The lowest BCUT2D eigenvalue weighted by atomic mass is 9.91. The van der Waals surface area contributed by atoms with Gasteiger partial charge >= 0.3 is 12.1 Å². The number of carbonyl (C=O) groups excluding carboxylic acids is 2. The molecule has 15 heteroatoms. The van der Waals surface area contributed by atoms with Gasteiger partial charge in [-0.2, -0.15) is 18.3 Å². The minimum atomic E-state index is -4.75. The first-order valence-electron chi connectivity index (χ1n) is 14.7. The van der Waals surface area contributed by atoms with Gasteiger partial charge in [0.1, 0.15) is 29.4 Å². The van der Waals surface area contributed by atoms with Crippen LogP contribution >= 0.6 is 0 Å². The van der Waals surface area contributed by atoms with Gasteiger partial charge in [0.2, 0.25) is 0 Å². The number of aromatic nitrogens is 4. The van der Waals surface area contributed by atoms with Gasteiger partial charge in [0, 0.05) is 18.2 Å². The number of anilines is 2. The number of alkyl halides is 3. The van der Waals surface area contributed by atoms with Crippen molar-refractivity contribution in [3.63, 3.8) is 0 Å².